The molecule has 1 heterocycles. The number of aryl methyl sites for hydroxylation is 1. The van der Waals surface area contributed by atoms with Gasteiger partial charge in [-0.3, -0.25) is 0 Å². The van der Waals surface area contributed by atoms with Gasteiger partial charge < -0.3 is 16.2 Å². The molecule has 1 aromatic carbocycles. The maximum Gasteiger partial charge on any atom is 0.337 e. The molecule has 0 aliphatic carbocycles. The zero-order valence-corrected chi connectivity index (χ0v) is 11.8. The van der Waals surface area contributed by atoms with E-state index in [4.69, 9.17) is 17.3 Å². The highest BCUT2D eigenvalue weighted by Crippen LogP contribution is 2.30. The van der Waals surface area contributed by atoms with Crippen LogP contribution < -0.4 is 11.1 Å². The van der Waals surface area contributed by atoms with Crippen molar-refractivity contribution in [1.82, 2.24) is 0 Å². The van der Waals surface area contributed by atoms with E-state index in [1.165, 1.54) is 17.7 Å². The average molecular weight is 297 g/mol. The van der Waals surface area contributed by atoms with Crippen molar-refractivity contribution in [3.8, 4) is 0 Å². The summed E-state index contributed by atoms with van der Waals surface area (Å²) < 4.78 is 0. The Morgan fingerprint density at radius 1 is 1.47 bits per heavy atom. The number of nitrogens with two attached hydrogens (primary N) is 1. The molecule has 100 valence electrons. The van der Waals surface area contributed by atoms with Crippen LogP contribution in [0.15, 0.2) is 22.9 Å². The summed E-state index contributed by atoms with van der Waals surface area (Å²) in [6.45, 7) is 2.54. The third-order valence-corrected chi connectivity index (χ3v) is 3.97. The Balaban J connectivity index is 2.29. The van der Waals surface area contributed by atoms with E-state index in [1.807, 2.05) is 17.7 Å². The first-order valence-corrected chi connectivity index (χ1v) is 6.89. The van der Waals surface area contributed by atoms with Crippen molar-refractivity contribution in [2.45, 2.75) is 13.5 Å². The molecule has 0 fully saturated rings. The molecule has 4 N–H and O–H groups in total. The monoisotopic (exact) mass is 296 g/mol. The number of hydrogen-bond donors (Lipinski definition) is 3. The normalized spacial score (nSPS) is 10.4. The van der Waals surface area contributed by atoms with E-state index in [0.29, 0.717) is 22.9 Å². The largest absolute Gasteiger partial charge is 0.478 e. The second-order valence-electron chi connectivity index (χ2n) is 4.16. The first-order chi connectivity index (χ1) is 8.99. The minimum atomic E-state index is -1.06. The lowest BCUT2D eigenvalue weighted by atomic mass is 10.1. The highest BCUT2D eigenvalue weighted by molar-refractivity contribution is 7.08. The minimum absolute atomic E-state index is 0.0814. The first kappa shape index (κ1) is 13.7. The van der Waals surface area contributed by atoms with E-state index in [1.54, 1.807) is 11.3 Å². The molecule has 0 spiro atoms. The Morgan fingerprint density at radius 2 is 2.21 bits per heavy atom. The fraction of sp³-hybridized carbons (Fsp3) is 0.154. The van der Waals surface area contributed by atoms with Gasteiger partial charge in [-0.2, -0.15) is 11.3 Å². The number of nitrogen functional groups attached to an aromatic ring is 1. The molecule has 4 nitrogen and oxygen atoms in total. The van der Waals surface area contributed by atoms with Gasteiger partial charge in [-0.25, -0.2) is 4.79 Å². The number of benzene rings is 1. The van der Waals surface area contributed by atoms with E-state index in [-0.39, 0.29) is 5.56 Å². The standard InChI is InChI=1S/C13H13ClN2O2S/c1-7-5-19-6-8(7)4-16-12-10(13(17)18)2-9(15)3-11(12)14/h2-3,5-6,16H,4,15H2,1H3,(H,17,18). The van der Waals surface area contributed by atoms with Crippen LogP contribution >= 0.6 is 22.9 Å². The Bertz CT molecular complexity index is 625. The maximum atomic E-state index is 11.2. The zero-order valence-electron chi connectivity index (χ0n) is 10.2. The van der Waals surface area contributed by atoms with Crippen LogP contribution in [0.2, 0.25) is 5.02 Å². The van der Waals surface area contributed by atoms with Gasteiger partial charge in [0.05, 0.1) is 16.3 Å². The van der Waals surface area contributed by atoms with Crippen molar-refractivity contribution in [3.63, 3.8) is 0 Å². The van der Waals surface area contributed by atoms with Gasteiger partial charge in [-0.1, -0.05) is 11.6 Å². The lowest BCUT2D eigenvalue weighted by molar-refractivity contribution is 0.0698. The number of hydrogen-bond acceptors (Lipinski definition) is 4. The van der Waals surface area contributed by atoms with Gasteiger partial charge in [-0.15, -0.1) is 0 Å². The van der Waals surface area contributed by atoms with E-state index in [2.05, 4.69) is 5.32 Å². The maximum absolute atomic E-state index is 11.2. The molecule has 0 radical (unpaired) electrons. The Labute approximate surface area is 119 Å². The molecule has 0 aliphatic rings. The molecule has 0 saturated carbocycles. The molecule has 2 rings (SSSR count). The number of carbonyl (C=O) groups is 1. The minimum Gasteiger partial charge on any atom is -0.478 e. The summed E-state index contributed by atoms with van der Waals surface area (Å²) in [5, 5.41) is 16.6. The van der Waals surface area contributed by atoms with Crippen LogP contribution in [0.4, 0.5) is 11.4 Å². The molecular weight excluding hydrogens is 284 g/mol. The molecule has 2 aromatic rings. The van der Waals surface area contributed by atoms with Crippen LogP contribution in [0.3, 0.4) is 0 Å². The number of rotatable bonds is 4. The molecular formula is C13H13ClN2O2S. The van der Waals surface area contributed by atoms with Crippen LogP contribution in [0.25, 0.3) is 0 Å². The van der Waals surface area contributed by atoms with Crippen LogP contribution in [0.1, 0.15) is 21.5 Å². The molecule has 0 saturated heterocycles. The van der Waals surface area contributed by atoms with Crippen molar-refractivity contribution in [3.05, 3.63) is 44.6 Å². The van der Waals surface area contributed by atoms with Crippen LogP contribution in [-0.2, 0) is 6.54 Å². The third kappa shape index (κ3) is 3.00. The Kier molecular flexibility index (Phi) is 3.97. The van der Waals surface area contributed by atoms with Crippen molar-refractivity contribution in [2.24, 2.45) is 0 Å². The first-order valence-electron chi connectivity index (χ1n) is 5.57. The fourth-order valence-electron chi connectivity index (χ4n) is 1.73. The summed E-state index contributed by atoms with van der Waals surface area (Å²) >= 11 is 7.66. The predicted octanol–water partition coefficient (Wildman–Crippen LogP) is 3.60. The number of anilines is 2. The van der Waals surface area contributed by atoms with Crippen LogP contribution in [0.5, 0.6) is 0 Å². The molecule has 0 atom stereocenters. The van der Waals surface area contributed by atoms with Crippen molar-refractivity contribution in [1.29, 1.82) is 0 Å². The van der Waals surface area contributed by atoms with Gasteiger partial charge in [0.25, 0.3) is 0 Å². The van der Waals surface area contributed by atoms with Gasteiger partial charge in [-0.05, 0) is 40.9 Å². The zero-order chi connectivity index (χ0) is 14.0. The molecule has 0 aliphatic heterocycles. The number of carboxylic acids is 1. The SMILES string of the molecule is Cc1cscc1CNc1c(Cl)cc(N)cc1C(=O)O. The summed E-state index contributed by atoms with van der Waals surface area (Å²) in [5.74, 6) is -1.06. The predicted molar refractivity (Wildman–Crippen MR) is 79.2 cm³/mol. The Morgan fingerprint density at radius 3 is 2.79 bits per heavy atom. The van der Waals surface area contributed by atoms with Crippen LogP contribution in [0, 0.1) is 6.92 Å². The smallest absolute Gasteiger partial charge is 0.337 e. The average Bonchev–Trinajstić information content (AvgIpc) is 2.73. The lowest BCUT2D eigenvalue weighted by Gasteiger charge is -2.12. The van der Waals surface area contributed by atoms with Gasteiger partial charge >= 0.3 is 5.97 Å². The van der Waals surface area contributed by atoms with Gasteiger partial charge in [0.15, 0.2) is 0 Å². The van der Waals surface area contributed by atoms with Gasteiger partial charge in [0.2, 0.25) is 0 Å². The summed E-state index contributed by atoms with van der Waals surface area (Å²) in [6.07, 6.45) is 0. The number of halogens is 1. The van der Waals surface area contributed by atoms with E-state index >= 15 is 0 Å². The number of aromatic carboxylic acids is 1. The van der Waals surface area contributed by atoms with Crippen molar-refractivity contribution < 1.29 is 9.90 Å². The highest BCUT2D eigenvalue weighted by atomic mass is 35.5. The topological polar surface area (TPSA) is 75.3 Å². The Hall–Kier alpha value is -1.72. The van der Waals surface area contributed by atoms with E-state index < -0.39 is 5.97 Å². The second kappa shape index (κ2) is 5.50. The molecule has 0 bridgehead atoms. The molecule has 1 aromatic heterocycles. The summed E-state index contributed by atoms with van der Waals surface area (Å²) in [6, 6.07) is 2.94. The lowest BCUT2D eigenvalue weighted by Crippen LogP contribution is -2.08. The molecule has 0 unspecified atom stereocenters. The number of carboxylic acid groups (broad SMARTS) is 1. The molecule has 0 amide bonds. The number of nitrogens with one attached hydrogen (secondary N) is 1. The second-order valence-corrected chi connectivity index (χ2v) is 5.31. The van der Waals surface area contributed by atoms with Crippen LogP contribution in [-0.4, -0.2) is 11.1 Å². The fourth-order valence-corrected chi connectivity index (χ4v) is 2.88. The van der Waals surface area contributed by atoms with Crippen molar-refractivity contribution >= 4 is 40.3 Å². The van der Waals surface area contributed by atoms with E-state index in [9.17, 15) is 9.90 Å². The summed E-state index contributed by atoms with van der Waals surface area (Å²) in [5.41, 5.74) is 8.71. The molecule has 19 heavy (non-hydrogen) atoms. The third-order valence-electron chi connectivity index (χ3n) is 2.76. The summed E-state index contributed by atoms with van der Waals surface area (Å²) in [7, 11) is 0. The molecule has 6 heteroatoms. The van der Waals surface area contributed by atoms with E-state index in [0.717, 1.165) is 5.56 Å². The highest BCUT2D eigenvalue weighted by Gasteiger charge is 2.15. The quantitative estimate of drug-likeness (QED) is 0.754. The van der Waals surface area contributed by atoms with Gasteiger partial charge in [0, 0.05) is 12.2 Å². The van der Waals surface area contributed by atoms with Crippen molar-refractivity contribution in [2.75, 3.05) is 11.1 Å². The summed E-state index contributed by atoms with van der Waals surface area (Å²) in [4.78, 5) is 11.2. The van der Waals surface area contributed by atoms with Gasteiger partial charge in [0.1, 0.15) is 0 Å². The number of thiophene rings is 1.